The standard InChI is InChI=1S/C31H29N9O/c1-20-33-31-34-28(26(19-40(31)38-20)22-5-3-2-4-6-22)23-9-7-21(8-10-23)18-39-15-13-24(14-16-39)29-35-30(37-36-29)25-11-12-27(41)32-17-25/h2-12,17,19,24H,13-16,18H2,1H3,(H,32,41)(H,35,36,37). The van der Waals surface area contributed by atoms with E-state index in [1.54, 1.807) is 16.8 Å². The number of hydrogen-bond donors (Lipinski definition) is 2. The molecule has 5 heterocycles. The number of hydrogen-bond acceptors (Lipinski definition) is 7. The fraction of sp³-hybridized carbons (Fsp3) is 0.226. The van der Waals surface area contributed by atoms with Gasteiger partial charge in [0.05, 0.1) is 5.69 Å². The maximum atomic E-state index is 11.3. The summed E-state index contributed by atoms with van der Waals surface area (Å²) in [5.74, 6) is 3.17. The van der Waals surface area contributed by atoms with Crippen LogP contribution in [0.15, 0.2) is 83.9 Å². The highest BCUT2D eigenvalue weighted by Gasteiger charge is 2.24. The summed E-state index contributed by atoms with van der Waals surface area (Å²) in [6.45, 7) is 4.76. The largest absolute Gasteiger partial charge is 0.328 e. The van der Waals surface area contributed by atoms with Crippen LogP contribution in [0.2, 0.25) is 0 Å². The van der Waals surface area contributed by atoms with Gasteiger partial charge < -0.3 is 4.98 Å². The summed E-state index contributed by atoms with van der Waals surface area (Å²) in [6.07, 6.45) is 5.69. The molecule has 7 rings (SSSR count). The summed E-state index contributed by atoms with van der Waals surface area (Å²) in [7, 11) is 0. The first-order chi connectivity index (χ1) is 20.1. The van der Waals surface area contributed by atoms with Crippen LogP contribution in [-0.2, 0) is 6.54 Å². The number of aryl methyl sites for hydroxylation is 1. The molecule has 6 aromatic rings. The number of fused-ring (bicyclic) bond motifs is 1. The Morgan fingerprint density at radius 3 is 2.41 bits per heavy atom. The van der Waals surface area contributed by atoms with Gasteiger partial charge in [-0.05, 0) is 50.0 Å². The van der Waals surface area contributed by atoms with E-state index in [-0.39, 0.29) is 5.56 Å². The third-order valence-electron chi connectivity index (χ3n) is 7.68. The zero-order chi connectivity index (χ0) is 27.8. The summed E-state index contributed by atoms with van der Waals surface area (Å²) >= 11 is 0. The highest BCUT2D eigenvalue weighted by Crippen LogP contribution is 2.32. The van der Waals surface area contributed by atoms with Crippen molar-refractivity contribution in [3.63, 3.8) is 0 Å². The van der Waals surface area contributed by atoms with Crippen molar-refractivity contribution in [1.82, 2.24) is 44.6 Å². The number of piperidine rings is 1. The molecular weight excluding hydrogens is 514 g/mol. The van der Waals surface area contributed by atoms with E-state index >= 15 is 0 Å². The second-order valence-corrected chi connectivity index (χ2v) is 10.5. The fourth-order valence-corrected chi connectivity index (χ4v) is 5.50. The van der Waals surface area contributed by atoms with Gasteiger partial charge in [0.2, 0.25) is 5.56 Å². The fourth-order valence-electron chi connectivity index (χ4n) is 5.50. The van der Waals surface area contributed by atoms with Crippen molar-refractivity contribution in [3.05, 3.63) is 107 Å². The Bertz CT molecular complexity index is 1840. The van der Waals surface area contributed by atoms with E-state index in [2.05, 4.69) is 66.6 Å². The third kappa shape index (κ3) is 5.17. The lowest BCUT2D eigenvalue weighted by atomic mass is 9.95. The van der Waals surface area contributed by atoms with E-state index in [0.717, 1.165) is 66.2 Å². The minimum Gasteiger partial charge on any atom is -0.328 e. The van der Waals surface area contributed by atoms with E-state index in [1.165, 1.54) is 11.6 Å². The highest BCUT2D eigenvalue weighted by atomic mass is 16.1. The number of nitrogens with one attached hydrogen (secondary N) is 2. The number of H-pyrrole nitrogens is 2. The molecule has 0 bridgehead atoms. The average Bonchev–Trinajstić information content (AvgIpc) is 3.64. The Labute approximate surface area is 236 Å². The third-order valence-corrected chi connectivity index (χ3v) is 7.68. The molecule has 0 radical (unpaired) electrons. The highest BCUT2D eigenvalue weighted by molar-refractivity contribution is 5.81. The van der Waals surface area contributed by atoms with Gasteiger partial charge in [-0.2, -0.15) is 15.2 Å². The van der Waals surface area contributed by atoms with Crippen molar-refractivity contribution in [2.75, 3.05) is 13.1 Å². The summed E-state index contributed by atoms with van der Waals surface area (Å²) in [4.78, 5) is 30.6. The number of aromatic amines is 2. The second kappa shape index (κ2) is 10.5. The molecule has 1 saturated heterocycles. The van der Waals surface area contributed by atoms with Crippen LogP contribution in [0.3, 0.4) is 0 Å². The van der Waals surface area contributed by atoms with Crippen molar-refractivity contribution in [3.8, 4) is 33.8 Å². The molecule has 0 saturated carbocycles. The molecule has 1 fully saturated rings. The van der Waals surface area contributed by atoms with Gasteiger partial charge in [-0.3, -0.25) is 14.8 Å². The SMILES string of the molecule is Cc1nc2nc(-c3ccc(CN4CCC(c5nc(-c6ccc(=O)[nH]c6)n[nH]5)CC4)cc3)c(-c3ccccc3)cn2n1. The monoisotopic (exact) mass is 543 g/mol. The smallest absolute Gasteiger partial charge is 0.252 e. The van der Waals surface area contributed by atoms with Gasteiger partial charge in [0.1, 0.15) is 11.6 Å². The number of benzene rings is 2. The van der Waals surface area contributed by atoms with E-state index in [4.69, 9.17) is 9.97 Å². The lowest BCUT2D eigenvalue weighted by molar-refractivity contribution is 0.202. The molecule has 4 aromatic heterocycles. The van der Waals surface area contributed by atoms with Gasteiger partial charge in [-0.15, -0.1) is 0 Å². The van der Waals surface area contributed by atoms with E-state index in [0.29, 0.717) is 23.3 Å². The second-order valence-electron chi connectivity index (χ2n) is 10.5. The van der Waals surface area contributed by atoms with E-state index < -0.39 is 0 Å². The minimum absolute atomic E-state index is 0.136. The molecule has 41 heavy (non-hydrogen) atoms. The Balaban J connectivity index is 1.04. The van der Waals surface area contributed by atoms with Crippen LogP contribution < -0.4 is 5.56 Å². The first kappa shape index (κ1) is 25.0. The zero-order valence-electron chi connectivity index (χ0n) is 22.7. The van der Waals surface area contributed by atoms with Gasteiger partial charge in [-0.1, -0.05) is 54.6 Å². The Kier molecular flexibility index (Phi) is 6.44. The van der Waals surface area contributed by atoms with Crippen molar-refractivity contribution < 1.29 is 0 Å². The Morgan fingerprint density at radius 1 is 0.878 bits per heavy atom. The molecule has 1 aliphatic heterocycles. The molecular formula is C31H29N9O. The molecule has 204 valence electrons. The van der Waals surface area contributed by atoms with Gasteiger partial charge in [0, 0.05) is 47.6 Å². The molecule has 0 unspecified atom stereocenters. The van der Waals surface area contributed by atoms with Gasteiger partial charge >= 0.3 is 0 Å². The molecule has 0 aliphatic carbocycles. The van der Waals surface area contributed by atoms with Crippen LogP contribution >= 0.6 is 0 Å². The number of rotatable bonds is 6. The van der Waals surface area contributed by atoms with Crippen molar-refractivity contribution in [2.45, 2.75) is 32.2 Å². The number of likely N-dealkylation sites (tertiary alicyclic amines) is 1. The van der Waals surface area contributed by atoms with Crippen LogP contribution in [0.5, 0.6) is 0 Å². The summed E-state index contributed by atoms with van der Waals surface area (Å²) in [6, 6.07) is 22.2. The lowest BCUT2D eigenvalue weighted by Crippen LogP contribution is -2.32. The molecule has 2 N–H and O–H groups in total. The number of aromatic nitrogens is 8. The molecule has 2 aromatic carbocycles. The molecule has 0 atom stereocenters. The lowest BCUT2D eigenvalue weighted by Gasteiger charge is -2.31. The normalized spacial score (nSPS) is 14.6. The Hall–Kier alpha value is -4.96. The first-order valence-corrected chi connectivity index (χ1v) is 13.8. The van der Waals surface area contributed by atoms with Gasteiger partial charge in [0.15, 0.2) is 5.82 Å². The van der Waals surface area contributed by atoms with Crippen LogP contribution in [0.4, 0.5) is 0 Å². The van der Waals surface area contributed by atoms with Crippen LogP contribution in [0.25, 0.3) is 39.5 Å². The van der Waals surface area contributed by atoms with Crippen molar-refractivity contribution in [1.29, 1.82) is 0 Å². The number of pyridine rings is 1. The van der Waals surface area contributed by atoms with Crippen LogP contribution in [-0.4, -0.2) is 57.7 Å². The summed E-state index contributed by atoms with van der Waals surface area (Å²) < 4.78 is 1.75. The zero-order valence-corrected chi connectivity index (χ0v) is 22.7. The van der Waals surface area contributed by atoms with E-state index in [9.17, 15) is 4.79 Å². The van der Waals surface area contributed by atoms with Crippen molar-refractivity contribution >= 4 is 5.78 Å². The molecule has 10 nitrogen and oxygen atoms in total. The average molecular weight is 544 g/mol. The Morgan fingerprint density at radius 2 is 1.66 bits per heavy atom. The molecule has 1 aliphatic rings. The molecule has 10 heteroatoms. The maximum absolute atomic E-state index is 11.3. The predicted molar refractivity (Wildman–Crippen MR) is 156 cm³/mol. The maximum Gasteiger partial charge on any atom is 0.252 e. The summed E-state index contributed by atoms with van der Waals surface area (Å²) in [5, 5.41) is 12.0. The quantitative estimate of drug-likeness (QED) is 0.314. The summed E-state index contributed by atoms with van der Waals surface area (Å²) in [5.41, 5.74) is 6.00. The van der Waals surface area contributed by atoms with Gasteiger partial charge in [-0.25, -0.2) is 14.5 Å². The minimum atomic E-state index is -0.136. The molecule has 0 spiro atoms. The topological polar surface area (TPSA) is 121 Å². The van der Waals surface area contributed by atoms with Crippen molar-refractivity contribution in [2.24, 2.45) is 0 Å². The number of nitrogens with zero attached hydrogens (tertiary/aromatic N) is 7. The van der Waals surface area contributed by atoms with Gasteiger partial charge in [0.25, 0.3) is 5.78 Å². The van der Waals surface area contributed by atoms with E-state index in [1.807, 2.05) is 31.3 Å². The van der Waals surface area contributed by atoms with Crippen LogP contribution in [0, 0.1) is 6.92 Å². The van der Waals surface area contributed by atoms with Crippen LogP contribution in [0.1, 0.15) is 36.0 Å². The first-order valence-electron chi connectivity index (χ1n) is 13.8. The predicted octanol–water partition coefficient (Wildman–Crippen LogP) is 4.62. The molecule has 0 amide bonds.